The first-order valence-electron chi connectivity index (χ1n) is 16.4. The van der Waals surface area contributed by atoms with Crippen molar-refractivity contribution in [3.05, 3.63) is 68.7 Å². The molecule has 3 fully saturated rings. The van der Waals surface area contributed by atoms with E-state index >= 15 is 0 Å². The average Bonchev–Trinajstić information content (AvgIpc) is 3.35. The first-order chi connectivity index (χ1) is 23.2. The van der Waals surface area contributed by atoms with Crippen LogP contribution in [0.2, 0.25) is 0 Å². The molecule has 1 N–H and O–H groups in total. The van der Waals surface area contributed by atoms with E-state index in [4.69, 9.17) is 18.6 Å². The maximum absolute atomic E-state index is 14.7. The molecule has 2 bridgehead atoms. The van der Waals surface area contributed by atoms with Gasteiger partial charge in [-0.05, 0) is 77.8 Å². The second-order valence-corrected chi connectivity index (χ2v) is 17.2. The number of para-hydroxylation sites is 1. The van der Waals surface area contributed by atoms with E-state index in [1.807, 2.05) is 24.3 Å². The molecule has 3 atom stereocenters. The van der Waals surface area contributed by atoms with Gasteiger partial charge in [0.25, 0.3) is 11.5 Å². The van der Waals surface area contributed by atoms with Crippen LogP contribution in [0.5, 0.6) is 5.75 Å². The predicted octanol–water partition coefficient (Wildman–Crippen LogP) is 4.40. The zero-order chi connectivity index (χ0) is 34.9. The Balaban J connectivity index is 1.39. The van der Waals surface area contributed by atoms with E-state index in [9.17, 15) is 22.8 Å². The quantitative estimate of drug-likeness (QED) is 0.236. The van der Waals surface area contributed by atoms with Crippen LogP contribution in [-0.2, 0) is 36.4 Å². The van der Waals surface area contributed by atoms with Gasteiger partial charge in [0.05, 0.1) is 53.2 Å². The summed E-state index contributed by atoms with van der Waals surface area (Å²) in [4.78, 5) is 48.1. The highest BCUT2D eigenvalue weighted by Gasteiger charge is 2.52. The Kier molecular flexibility index (Phi) is 8.40. The molecule has 3 aromatic heterocycles. The monoisotopic (exact) mass is 712 g/mol. The number of oxazole rings is 1. The summed E-state index contributed by atoms with van der Waals surface area (Å²) in [5.74, 6) is -0.136. The van der Waals surface area contributed by atoms with Crippen molar-refractivity contribution in [1.82, 2.24) is 18.8 Å². The van der Waals surface area contributed by atoms with Gasteiger partial charge in [-0.15, -0.1) is 11.3 Å². The number of hydrogen-bond donors (Lipinski definition) is 1. The fourth-order valence-corrected chi connectivity index (χ4v) is 9.54. The molecule has 262 valence electrons. The van der Waals surface area contributed by atoms with Crippen LogP contribution in [-0.4, -0.2) is 58.6 Å². The van der Waals surface area contributed by atoms with Crippen molar-refractivity contribution < 1.29 is 31.8 Å². The van der Waals surface area contributed by atoms with Gasteiger partial charge in [0.1, 0.15) is 28.5 Å². The molecule has 5 heterocycles. The molecular weight excluding hydrogens is 673 g/mol. The zero-order valence-corrected chi connectivity index (χ0v) is 29.7. The van der Waals surface area contributed by atoms with Gasteiger partial charge in [-0.25, -0.2) is 22.8 Å². The summed E-state index contributed by atoms with van der Waals surface area (Å²) in [6.07, 6.45) is 6.45. The molecule has 1 aliphatic carbocycles. The van der Waals surface area contributed by atoms with Gasteiger partial charge in [0.2, 0.25) is 15.9 Å². The third-order valence-corrected chi connectivity index (χ3v) is 13.7. The van der Waals surface area contributed by atoms with Crippen molar-refractivity contribution in [2.75, 3.05) is 7.11 Å². The highest BCUT2D eigenvalue weighted by molar-refractivity contribution is 7.91. The number of carbonyl (C=O) groups excluding carboxylic acids is 1. The lowest BCUT2D eigenvalue weighted by Gasteiger charge is -2.33. The third-order valence-electron chi connectivity index (χ3n) is 10.2. The fourth-order valence-electron chi connectivity index (χ4n) is 6.92. The van der Waals surface area contributed by atoms with Crippen LogP contribution in [0, 0.1) is 6.92 Å². The predicted molar refractivity (Wildman–Crippen MR) is 182 cm³/mol. The van der Waals surface area contributed by atoms with E-state index in [-0.39, 0.29) is 36.1 Å². The highest BCUT2D eigenvalue weighted by atomic mass is 32.2. The maximum atomic E-state index is 14.7. The van der Waals surface area contributed by atoms with Gasteiger partial charge in [-0.3, -0.25) is 18.9 Å². The maximum Gasteiger partial charge on any atom is 0.333 e. The minimum atomic E-state index is -4.06. The van der Waals surface area contributed by atoms with Crippen molar-refractivity contribution in [2.45, 2.75) is 107 Å². The molecule has 1 saturated carbocycles. The zero-order valence-electron chi connectivity index (χ0n) is 28.1. The second-order valence-electron chi connectivity index (χ2n) is 14.0. The fraction of sp³-hybridized carbons (Fsp3) is 0.529. The number of carbonyl (C=O) groups is 1. The van der Waals surface area contributed by atoms with Crippen LogP contribution in [0.25, 0.3) is 21.0 Å². The summed E-state index contributed by atoms with van der Waals surface area (Å²) in [5, 5.41) is 0.193. The standard InChI is InChI=1S/C34H40N4O9S2/c1-19-26-29(39)38(33(2,3)31(40)36-49(42,43)34(4)12-13-34)32(41)37(30(26)48-27(19)28-35-14-15-45-28)18-25(23-8-6-7-9-24(23)44-5)47-22-16-20-10-11-21(17-22)46-20/h6-9,14-15,20-22,25H,10-13,16-18H2,1-5H3,(H,36,40)/t20?,21?,22?,25-/m0/s1. The molecule has 3 aliphatic rings. The summed E-state index contributed by atoms with van der Waals surface area (Å²) in [5.41, 5.74) is -2.19. The Morgan fingerprint density at radius 1 is 1.18 bits per heavy atom. The summed E-state index contributed by atoms with van der Waals surface area (Å²) in [6.45, 7) is 5.99. The molecule has 2 saturated heterocycles. The third kappa shape index (κ3) is 5.83. The van der Waals surface area contributed by atoms with Crippen LogP contribution in [0.1, 0.15) is 76.5 Å². The van der Waals surface area contributed by atoms with E-state index in [2.05, 4.69) is 9.71 Å². The molecule has 1 amide bonds. The Labute approximate surface area is 287 Å². The number of aromatic nitrogens is 3. The lowest BCUT2D eigenvalue weighted by Crippen LogP contribution is -2.57. The van der Waals surface area contributed by atoms with Crippen molar-refractivity contribution in [2.24, 2.45) is 0 Å². The lowest BCUT2D eigenvalue weighted by molar-refractivity contribution is -0.126. The number of rotatable bonds is 11. The largest absolute Gasteiger partial charge is 0.496 e. The number of benzene rings is 1. The highest BCUT2D eigenvalue weighted by Crippen LogP contribution is 2.43. The van der Waals surface area contributed by atoms with Crippen molar-refractivity contribution in [3.8, 4) is 16.5 Å². The molecule has 15 heteroatoms. The minimum absolute atomic E-state index is 0.0400. The van der Waals surface area contributed by atoms with Gasteiger partial charge >= 0.3 is 5.69 Å². The molecular formula is C34H40N4O9S2. The van der Waals surface area contributed by atoms with E-state index in [1.165, 1.54) is 42.2 Å². The number of ether oxygens (including phenoxy) is 3. The first-order valence-corrected chi connectivity index (χ1v) is 18.7. The van der Waals surface area contributed by atoms with Crippen LogP contribution in [0.3, 0.4) is 0 Å². The molecule has 0 radical (unpaired) electrons. The van der Waals surface area contributed by atoms with Crippen molar-refractivity contribution in [3.63, 3.8) is 0 Å². The van der Waals surface area contributed by atoms with E-state index in [1.54, 1.807) is 21.0 Å². The number of aryl methyl sites for hydroxylation is 1. The Hall–Kier alpha value is -3.79. The number of sulfonamides is 1. The molecule has 49 heavy (non-hydrogen) atoms. The summed E-state index contributed by atoms with van der Waals surface area (Å²) in [7, 11) is -2.49. The number of hydrogen-bond acceptors (Lipinski definition) is 11. The number of nitrogens with one attached hydrogen (secondary N) is 1. The molecule has 4 aromatic rings. The normalized spacial score (nSPS) is 22.3. The van der Waals surface area contributed by atoms with Crippen LogP contribution >= 0.6 is 11.3 Å². The van der Waals surface area contributed by atoms with Gasteiger partial charge in [0.15, 0.2) is 0 Å². The van der Waals surface area contributed by atoms with Gasteiger partial charge in [-0.2, -0.15) is 0 Å². The minimum Gasteiger partial charge on any atom is -0.496 e. The van der Waals surface area contributed by atoms with E-state index in [0.717, 1.165) is 17.4 Å². The van der Waals surface area contributed by atoms with Crippen LogP contribution < -0.4 is 20.7 Å². The number of methoxy groups -OCH3 is 1. The molecule has 0 spiro atoms. The SMILES string of the molecule is COc1ccccc1[C@H](Cn1c(=O)n(C(C)(C)C(=O)NS(=O)(=O)C2(C)CC2)c(=O)c2c(C)c(-c3ncco3)sc21)OC1CC2CCC(C1)O2. The molecule has 13 nitrogen and oxygen atoms in total. The van der Waals surface area contributed by atoms with Crippen molar-refractivity contribution >= 4 is 37.5 Å². The number of thiophene rings is 1. The van der Waals surface area contributed by atoms with E-state index < -0.39 is 43.6 Å². The van der Waals surface area contributed by atoms with Crippen LogP contribution in [0.4, 0.5) is 0 Å². The van der Waals surface area contributed by atoms with E-state index in [0.29, 0.717) is 52.3 Å². The molecule has 7 rings (SSSR count). The molecule has 2 aliphatic heterocycles. The van der Waals surface area contributed by atoms with Gasteiger partial charge in [0, 0.05) is 5.56 Å². The molecule has 2 unspecified atom stereocenters. The Bertz CT molecular complexity index is 2130. The first kappa shape index (κ1) is 33.7. The number of fused-ring (bicyclic) bond motifs is 3. The summed E-state index contributed by atoms with van der Waals surface area (Å²) in [6, 6.07) is 7.42. The second kappa shape index (κ2) is 12.2. The van der Waals surface area contributed by atoms with Crippen molar-refractivity contribution in [1.29, 1.82) is 0 Å². The smallest absolute Gasteiger partial charge is 0.333 e. The van der Waals surface area contributed by atoms with Gasteiger partial charge in [-0.1, -0.05) is 18.2 Å². The Morgan fingerprint density at radius 3 is 2.51 bits per heavy atom. The number of amides is 1. The Morgan fingerprint density at radius 2 is 1.88 bits per heavy atom. The van der Waals surface area contributed by atoms with Gasteiger partial charge < -0.3 is 18.6 Å². The number of nitrogens with zero attached hydrogens (tertiary/aromatic N) is 3. The summed E-state index contributed by atoms with van der Waals surface area (Å²) >= 11 is 1.18. The summed E-state index contributed by atoms with van der Waals surface area (Å²) < 4.78 is 53.8. The average molecular weight is 713 g/mol. The molecule has 1 aromatic carbocycles. The lowest BCUT2D eigenvalue weighted by atomic mass is 10.0. The van der Waals surface area contributed by atoms with Crippen LogP contribution in [0.15, 0.2) is 50.7 Å². The topological polar surface area (TPSA) is 161 Å².